The van der Waals surface area contributed by atoms with Gasteiger partial charge < -0.3 is 9.57 Å². The molecule has 4 nitrogen and oxygen atoms in total. The molecule has 0 saturated heterocycles. The van der Waals surface area contributed by atoms with E-state index in [1.165, 1.54) is 6.42 Å². The number of nitrogens with zero attached hydrogens (tertiary/aromatic N) is 1. The highest BCUT2D eigenvalue weighted by Crippen LogP contribution is 2.26. The molecule has 1 aromatic carbocycles. The largest absolute Gasteiger partial charge is 0.457 e. The van der Waals surface area contributed by atoms with Crippen molar-refractivity contribution < 1.29 is 14.4 Å². The van der Waals surface area contributed by atoms with E-state index in [4.69, 9.17) is 9.57 Å². The van der Waals surface area contributed by atoms with Crippen molar-refractivity contribution in [2.24, 2.45) is 5.16 Å². The number of ether oxygens (including phenoxy) is 1. The van der Waals surface area contributed by atoms with E-state index in [9.17, 15) is 4.79 Å². The molecule has 0 N–H and O–H groups in total. The first kappa shape index (κ1) is 15.0. The lowest BCUT2D eigenvalue weighted by atomic mass is 9.98. The second kappa shape index (κ2) is 8.04. The average molecular weight is 340 g/mol. The van der Waals surface area contributed by atoms with E-state index >= 15 is 0 Å². The number of halogens is 1. The van der Waals surface area contributed by atoms with E-state index in [1.807, 2.05) is 30.3 Å². The predicted octanol–water partition coefficient (Wildman–Crippen LogP) is 3.44. The summed E-state index contributed by atoms with van der Waals surface area (Å²) in [6, 6.07) is 9.66. The first-order valence-electron chi connectivity index (χ1n) is 6.79. The Morgan fingerprint density at radius 3 is 2.80 bits per heavy atom. The van der Waals surface area contributed by atoms with E-state index in [0.717, 1.165) is 31.0 Å². The molecule has 0 spiro atoms. The first-order valence-corrected chi connectivity index (χ1v) is 7.71. The Bertz CT molecular complexity index is 450. The number of hydrogen-bond acceptors (Lipinski definition) is 4. The van der Waals surface area contributed by atoms with Crippen LogP contribution in [0.15, 0.2) is 35.5 Å². The summed E-state index contributed by atoms with van der Waals surface area (Å²) in [6.07, 6.45) is 5.26. The number of rotatable bonds is 5. The molecular weight excluding hydrogens is 322 g/mol. The number of esters is 1. The van der Waals surface area contributed by atoms with Gasteiger partial charge in [-0.15, -0.1) is 0 Å². The van der Waals surface area contributed by atoms with Gasteiger partial charge in [0.1, 0.15) is 12.7 Å². The average Bonchev–Trinajstić information content (AvgIpc) is 2.47. The highest BCUT2D eigenvalue weighted by molar-refractivity contribution is 9.09. The van der Waals surface area contributed by atoms with Crippen LogP contribution < -0.4 is 0 Å². The quantitative estimate of drug-likeness (QED) is 0.357. The zero-order chi connectivity index (χ0) is 14.2. The van der Waals surface area contributed by atoms with Crippen LogP contribution >= 0.6 is 15.9 Å². The highest BCUT2D eigenvalue weighted by atomic mass is 79.9. The molecule has 0 aromatic heterocycles. The van der Waals surface area contributed by atoms with Crippen LogP contribution in [0.2, 0.25) is 0 Å². The van der Waals surface area contributed by atoms with Crippen molar-refractivity contribution in [1.29, 1.82) is 0 Å². The summed E-state index contributed by atoms with van der Waals surface area (Å²) < 4.78 is 5.34. The Morgan fingerprint density at radius 2 is 2.05 bits per heavy atom. The van der Waals surface area contributed by atoms with Crippen LogP contribution in [0.4, 0.5) is 0 Å². The van der Waals surface area contributed by atoms with Gasteiger partial charge in [-0.05, 0) is 24.8 Å². The third-order valence-electron chi connectivity index (χ3n) is 3.20. The van der Waals surface area contributed by atoms with Gasteiger partial charge in [0.15, 0.2) is 6.21 Å². The maximum Gasteiger partial charge on any atom is 0.353 e. The molecule has 0 amide bonds. The minimum Gasteiger partial charge on any atom is -0.457 e. The second-order valence-corrected chi connectivity index (χ2v) is 5.95. The molecule has 2 atom stereocenters. The molecule has 20 heavy (non-hydrogen) atoms. The second-order valence-electron chi connectivity index (χ2n) is 4.77. The number of carbonyl (C=O) groups is 1. The molecule has 0 bridgehead atoms. The zero-order valence-corrected chi connectivity index (χ0v) is 12.8. The lowest BCUT2D eigenvalue weighted by molar-refractivity contribution is -0.141. The van der Waals surface area contributed by atoms with Crippen molar-refractivity contribution in [3.8, 4) is 0 Å². The number of carbonyl (C=O) groups excluding carboxylic acids is 1. The van der Waals surface area contributed by atoms with E-state index in [0.29, 0.717) is 6.61 Å². The van der Waals surface area contributed by atoms with Crippen LogP contribution in [-0.4, -0.2) is 23.1 Å². The molecule has 0 radical (unpaired) electrons. The van der Waals surface area contributed by atoms with Crippen LogP contribution in [0.1, 0.15) is 31.2 Å². The number of alkyl halides is 1. The van der Waals surface area contributed by atoms with Crippen LogP contribution in [0, 0.1) is 0 Å². The Labute approximate surface area is 127 Å². The van der Waals surface area contributed by atoms with Gasteiger partial charge in [-0.25, -0.2) is 4.79 Å². The van der Waals surface area contributed by atoms with Crippen molar-refractivity contribution in [3.05, 3.63) is 35.9 Å². The van der Waals surface area contributed by atoms with Gasteiger partial charge in [-0.1, -0.05) is 57.8 Å². The number of hydrogen-bond donors (Lipinski definition) is 0. The Kier molecular flexibility index (Phi) is 6.05. The fourth-order valence-corrected chi connectivity index (χ4v) is 2.83. The fourth-order valence-electron chi connectivity index (χ4n) is 2.13. The number of oxime groups is 1. The van der Waals surface area contributed by atoms with Gasteiger partial charge in [0.05, 0.1) is 4.83 Å². The third-order valence-corrected chi connectivity index (χ3v) is 4.24. The lowest BCUT2D eigenvalue weighted by Crippen LogP contribution is -2.30. The van der Waals surface area contributed by atoms with E-state index in [1.54, 1.807) is 0 Å². The van der Waals surface area contributed by atoms with Crippen molar-refractivity contribution in [1.82, 2.24) is 0 Å². The van der Waals surface area contributed by atoms with Gasteiger partial charge in [0, 0.05) is 0 Å². The highest BCUT2D eigenvalue weighted by Gasteiger charge is 2.25. The monoisotopic (exact) mass is 339 g/mol. The lowest BCUT2D eigenvalue weighted by Gasteiger charge is -2.26. The van der Waals surface area contributed by atoms with E-state index < -0.39 is 5.97 Å². The molecule has 1 aliphatic rings. The molecule has 1 aromatic rings. The van der Waals surface area contributed by atoms with Crippen LogP contribution in [0.5, 0.6) is 0 Å². The molecule has 2 rings (SSSR count). The minimum atomic E-state index is -0.450. The molecule has 1 fully saturated rings. The van der Waals surface area contributed by atoms with Crippen molar-refractivity contribution in [3.63, 3.8) is 0 Å². The normalized spacial score (nSPS) is 22.6. The third kappa shape index (κ3) is 4.96. The molecular formula is C15H18BrNO3. The summed E-state index contributed by atoms with van der Waals surface area (Å²) in [5.41, 5.74) is 1.01. The molecule has 0 aliphatic heterocycles. The number of benzene rings is 1. The fraction of sp³-hybridized carbons (Fsp3) is 0.467. The molecule has 1 aliphatic carbocycles. The summed E-state index contributed by atoms with van der Waals surface area (Å²) in [7, 11) is 0. The minimum absolute atomic E-state index is 0.0585. The topological polar surface area (TPSA) is 47.9 Å². The summed E-state index contributed by atoms with van der Waals surface area (Å²) in [6.45, 7) is 0.342. The summed E-state index contributed by atoms with van der Waals surface area (Å²) in [5, 5.41) is 3.64. The Hall–Kier alpha value is -1.36. The first-order chi connectivity index (χ1) is 9.75. The summed E-state index contributed by atoms with van der Waals surface area (Å²) >= 11 is 3.54. The van der Waals surface area contributed by atoms with Crippen LogP contribution in [-0.2, 0) is 21.0 Å². The van der Waals surface area contributed by atoms with Crippen molar-refractivity contribution in [2.45, 2.75) is 43.2 Å². The molecule has 0 heterocycles. The Morgan fingerprint density at radius 1 is 1.30 bits per heavy atom. The SMILES string of the molecule is O=C(/C=N/OCc1ccccc1)O[C@H]1CCCC[C@@H]1Br. The molecule has 0 unspecified atom stereocenters. The Balaban J connectivity index is 1.70. The predicted molar refractivity (Wildman–Crippen MR) is 80.8 cm³/mol. The molecule has 5 heteroatoms. The smallest absolute Gasteiger partial charge is 0.353 e. The van der Waals surface area contributed by atoms with Gasteiger partial charge in [0.2, 0.25) is 0 Å². The zero-order valence-electron chi connectivity index (χ0n) is 11.2. The van der Waals surface area contributed by atoms with E-state index in [-0.39, 0.29) is 10.9 Å². The maximum atomic E-state index is 11.6. The van der Waals surface area contributed by atoms with Gasteiger partial charge in [0.25, 0.3) is 0 Å². The summed E-state index contributed by atoms with van der Waals surface area (Å²) in [5.74, 6) is -0.450. The van der Waals surface area contributed by atoms with Gasteiger partial charge in [-0.2, -0.15) is 0 Å². The van der Waals surface area contributed by atoms with E-state index in [2.05, 4.69) is 21.1 Å². The maximum absolute atomic E-state index is 11.6. The van der Waals surface area contributed by atoms with Gasteiger partial charge >= 0.3 is 5.97 Å². The molecule has 108 valence electrons. The standard InChI is InChI=1S/C15H18BrNO3/c16-13-8-4-5-9-14(13)20-15(18)10-17-19-11-12-6-2-1-3-7-12/h1-3,6-7,10,13-14H,4-5,8-9,11H2/b17-10+/t13-,14-/m0/s1. The summed E-state index contributed by atoms with van der Waals surface area (Å²) in [4.78, 5) is 16.9. The van der Waals surface area contributed by atoms with Crippen LogP contribution in [0.3, 0.4) is 0 Å². The van der Waals surface area contributed by atoms with Crippen molar-refractivity contribution >= 4 is 28.1 Å². The van der Waals surface area contributed by atoms with Gasteiger partial charge in [-0.3, -0.25) is 0 Å². The molecule has 1 saturated carbocycles. The van der Waals surface area contributed by atoms with Crippen LogP contribution in [0.25, 0.3) is 0 Å². The van der Waals surface area contributed by atoms with Crippen molar-refractivity contribution in [2.75, 3.05) is 0 Å².